The van der Waals surface area contributed by atoms with Gasteiger partial charge in [-0.05, 0) is 28.8 Å². The van der Waals surface area contributed by atoms with Gasteiger partial charge >= 0.3 is 0 Å². The molecule has 0 fully saturated rings. The first-order valence-electron chi connectivity index (χ1n) is 8.85. The SMILES string of the molecule is COc1ccc(CNC(CN)Cc2ccc3ccccc3c2)c(OC)c1. The molecule has 0 aliphatic heterocycles. The van der Waals surface area contributed by atoms with Gasteiger partial charge in [0.15, 0.2) is 0 Å². The first-order chi connectivity index (χ1) is 12.7. The molecular formula is C22H26N2O2. The van der Waals surface area contributed by atoms with Crippen molar-refractivity contribution in [3.8, 4) is 11.5 Å². The number of ether oxygens (including phenoxy) is 2. The highest BCUT2D eigenvalue weighted by Gasteiger charge is 2.11. The zero-order valence-corrected chi connectivity index (χ0v) is 15.4. The zero-order chi connectivity index (χ0) is 18.4. The number of fused-ring (bicyclic) bond motifs is 1. The van der Waals surface area contributed by atoms with Gasteiger partial charge in [0, 0.05) is 30.8 Å². The lowest BCUT2D eigenvalue weighted by molar-refractivity contribution is 0.388. The van der Waals surface area contributed by atoms with Crippen LogP contribution in [-0.4, -0.2) is 26.8 Å². The number of benzene rings is 3. The van der Waals surface area contributed by atoms with Gasteiger partial charge in [0.2, 0.25) is 0 Å². The third kappa shape index (κ3) is 4.34. The molecule has 0 aromatic heterocycles. The Labute approximate surface area is 154 Å². The molecule has 3 N–H and O–H groups in total. The maximum absolute atomic E-state index is 6.00. The minimum atomic E-state index is 0.197. The average Bonchev–Trinajstić information content (AvgIpc) is 2.70. The van der Waals surface area contributed by atoms with Crippen LogP contribution in [0.4, 0.5) is 0 Å². The molecule has 0 saturated heterocycles. The van der Waals surface area contributed by atoms with E-state index in [0.717, 1.165) is 23.5 Å². The lowest BCUT2D eigenvalue weighted by atomic mass is 10.0. The van der Waals surface area contributed by atoms with Crippen LogP contribution in [0, 0.1) is 0 Å². The van der Waals surface area contributed by atoms with Crippen molar-refractivity contribution in [2.75, 3.05) is 20.8 Å². The van der Waals surface area contributed by atoms with Crippen molar-refractivity contribution in [1.82, 2.24) is 5.32 Å². The molecule has 26 heavy (non-hydrogen) atoms. The minimum Gasteiger partial charge on any atom is -0.497 e. The van der Waals surface area contributed by atoms with Crippen molar-refractivity contribution in [3.63, 3.8) is 0 Å². The fourth-order valence-electron chi connectivity index (χ4n) is 3.14. The average molecular weight is 350 g/mol. The predicted molar refractivity (Wildman–Crippen MR) is 107 cm³/mol. The van der Waals surface area contributed by atoms with Crippen LogP contribution in [0.3, 0.4) is 0 Å². The number of nitrogens with two attached hydrogens (primary N) is 1. The van der Waals surface area contributed by atoms with Gasteiger partial charge in [0.1, 0.15) is 11.5 Å². The summed E-state index contributed by atoms with van der Waals surface area (Å²) < 4.78 is 10.7. The first kappa shape index (κ1) is 18.2. The minimum absolute atomic E-state index is 0.197. The van der Waals surface area contributed by atoms with E-state index in [1.165, 1.54) is 16.3 Å². The van der Waals surface area contributed by atoms with Crippen LogP contribution >= 0.6 is 0 Å². The Bertz CT molecular complexity index is 864. The molecule has 0 radical (unpaired) electrons. The van der Waals surface area contributed by atoms with Crippen LogP contribution in [0.25, 0.3) is 10.8 Å². The van der Waals surface area contributed by atoms with Crippen LogP contribution in [0.1, 0.15) is 11.1 Å². The molecule has 4 heteroatoms. The molecule has 0 amide bonds. The van der Waals surface area contributed by atoms with Crippen LogP contribution in [0.15, 0.2) is 60.7 Å². The van der Waals surface area contributed by atoms with Gasteiger partial charge < -0.3 is 20.5 Å². The molecule has 1 atom stereocenters. The highest BCUT2D eigenvalue weighted by molar-refractivity contribution is 5.83. The molecule has 4 nitrogen and oxygen atoms in total. The van der Waals surface area contributed by atoms with Gasteiger partial charge in [-0.25, -0.2) is 0 Å². The van der Waals surface area contributed by atoms with Crippen molar-refractivity contribution >= 4 is 10.8 Å². The molecule has 0 saturated carbocycles. The Hall–Kier alpha value is -2.56. The third-order valence-electron chi connectivity index (χ3n) is 4.66. The van der Waals surface area contributed by atoms with E-state index in [1.807, 2.05) is 18.2 Å². The first-order valence-corrected chi connectivity index (χ1v) is 8.85. The number of hydrogen-bond acceptors (Lipinski definition) is 4. The molecule has 0 aliphatic rings. The molecule has 3 rings (SSSR count). The normalized spacial score (nSPS) is 12.1. The topological polar surface area (TPSA) is 56.5 Å². The van der Waals surface area contributed by atoms with Gasteiger partial charge in [0.05, 0.1) is 14.2 Å². The Morgan fingerprint density at radius 1 is 0.923 bits per heavy atom. The second-order valence-corrected chi connectivity index (χ2v) is 6.38. The van der Waals surface area contributed by atoms with Gasteiger partial charge in [-0.3, -0.25) is 0 Å². The fraction of sp³-hybridized carbons (Fsp3) is 0.273. The second kappa shape index (κ2) is 8.70. The molecule has 1 unspecified atom stereocenters. The van der Waals surface area contributed by atoms with Crippen LogP contribution in [0.2, 0.25) is 0 Å². The summed E-state index contributed by atoms with van der Waals surface area (Å²) in [5, 5.41) is 6.07. The van der Waals surface area contributed by atoms with Gasteiger partial charge in [0.25, 0.3) is 0 Å². The number of methoxy groups -OCH3 is 2. The van der Waals surface area contributed by atoms with E-state index in [1.54, 1.807) is 14.2 Å². The van der Waals surface area contributed by atoms with Gasteiger partial charge in [-0.1, -0.05) is 48.5 Å². The summed E-state index contributed by atoms with van der Waals surface area (Å²) in [5.74, 6) is 1.61. The van der Waals surface area contributed by atoms with E-state index < -0.39 is 0 Å². The monoisotopic (exact) mass is 350 g/mol. The largest absolute Gasteiger partial charge is 0.497 e. The fourth-order valence-corrected chi connectivity index (χ4v) is 3.14. The maximum Gasteiger partial charge on any atom is 0.127 e. The summed E-state index contributed by atoms with van der Waals surface area (Å²) in [6.45, 7) is 1.27. The van der Waals surface area contributed by atoms with Crippen molar-refractivity contribution in [2.45, 2.75) is 19.0 Å². The summed E-state index contributed by atoms with van der Waals surface area (Å²) in [6.07, 6.45) is 0.889. The Morgan fingerprint density at radius 2 is 1.73 bits per heavy atom. The van der Waals surface area contributed by atoms with E-state index in [2.05, 4.69) is 47.8 Å². The molecule has 136 valence electrons. The molecular weight excluding hydrogens is 324 g/mol. The lowest BCUT2D eigenvalue weighted by Gasteiger charge is -2.19. The zero-order valence-electron chi connectivity index (χ0n) is 15.4. The second-order valence-electron chi connectivity index (χ2n) is 6.38. The smallest absolute Gasteiger partial charge is 0.127 e. The quantitative estimate of drug-likeness (QED) is 0.653. The van der Waals surface area contributed by atoms with Crippen LogP contribution in [-0.2, 0) is 13.0 Å². The molecule has 0 heterocycles. The lowest BCUT2D eigenvalue weighted by Crippen LogP contribution is -2.37. The summed E-state index contributed by atoms with van der Waals surface area (Å²) in [6, 6.07) is 21.1. The summed E-state index contributed by atoms with van der Waals surface area (Å²) >= 11 is 0. The van der Waals surface area contributed by atoms with E-state index in [-0.39, 0.29) is 6.04 Å². The summed E-state index contributed by atoms with van der Waals surface area (Å²) in [4.78, 5) is 0. The Morgan fingerprint density at radius 3 is 2.46 bits per heavy atom. The van der Waals surface area contributed by atoms with E-state index >= 15 is 0 Å². The van der Waals surface area contributed by atoms with E-state index in [4.69, 9.17) is 15.2 Å². The molecule has 0 aliphatic carbocycles. The van der Waals surface area contributed by atoms with Crippen LogP contribution in [0.5, 0.6) is 11.5 Å². The van der Waals surface area contributed by atoms with Crippen molar-refractivity contribution in [3.05, 3.63) is 71.8 Å². The maximum atomic E-state index is 6.00. The Balaban J connectivity index is 1.67. The molecule has 0 bridgehead atoms. The van der Waals surface area contributed by atoms with Gasteiger partial charge in [-0.15, -0.1) is 0 Å². The van der Waals surface area contributed by atoms with Crippen molar-refractivity contribution in [2.24, 2.45) is 5.73 Å². The third-order valence-corrected chi connectivity index (χ3v) is 4.66. The van der Waals surface area contributed by atoms with Gasteiger partial charge in [-0.2, -0.15) is 0 Å². The highest BCUT2D eigenvalue weighted by Crippen LogP contribution is 2.24. The predicted octanol–water partition coefficient (Wildman–Crippen LogP) is 3.52. The van der Waals surface area contributed by atoms with E-state index in [9.17, 15) is 0 Å². The number of nitrogens with one attached hydrogen (secondary N) is 1. The standard InChI is InChI=1S/C22H26N2O2/c1-25-21-10-9-19(22(13-21)26-2)15-24-20(14-23)12-16-7-8-17-5-3-4-6-18(17)11-16/h3-11,13,20,24H,12,14-15,23H2,1-2H3. The molecule has 3 aromatic carbocycles. The van der Waals surface area contributed by atoms with Crippen molar-refractivity contribution < 1.29 is 9.47 Å². The molecule has 0 spiro atoms. The summed E-state index contributed by atoms with van der Waals surface area (Å²) in [7, 11) is 3.33. The number of hydrogen-bond donors (Lipinski definition) is 2. The van der Waals surface area contributed by atoms with Crippen molar-refractivity contribution in [1.29, 1.82) is 0 Å². The Kier molecular flexibility index (Phi) is 6.10. The van der Waals surface area contributed by atoms with Crippen LogP contribution < -0.4 is 20.5 Å². The number of rotatable bonds is 8. The van der Waals surface area contributed by atoms with E-state index in [0.29, 0.717) is 13.1 Å². The molecule has 3 aromatic rings. The summed E-state index contributed by atoms with van der Waals surface area (Å²) in [5.41, 5.74) is 8.37. The highest BCUT2D eigenvalue weighted by atomic mass is 16.5.